The summed E-state index contributed by atoms with van der Waals surface area (Å²) in [6.07, 6.45) is 2.41. The summed E-state index contributed by atoms with van der Waals surface area (Å²) in [5, 5.41) is 12.1. The maximum Gasteiger partial charge on any atom is 0.323 e. The van der Waals surface area contributed by atoms with Crippen molar-refractivity contribution >= 4 is 5.97 Å². The molecule has 2 rings (SSSR count). The van der Waals surface area contributed by atoms with E-state index in [9.17, 15) is 4.79 Å². The summed E-state index contributed by atoms with van der Waals surface area (Å²) in [4.78, 5) is 10.9. The number of carboxylic acid groups (broad SMARTS) is 1. The second-order valence-electron chi connectivity index (χ2n) is 5.01. The summed E-state index contributed by atoms with van der Waals surface area (Å²) in [7, 11) is 0. The molecule has 15 heavy (non-hydrogen) atoms. The molecule has 1 heterocycles. The van der Waals surface area contributed by atoms with E-state index in [0.29, 0.717) is 18.4 Å². The standard InChI is InChI=1S/C11H19NO3/c1-6-3-7(2)10-9(4-6)15-5-8(12-10)11(13)14/h6-10,12H,3-5H2,1-2H3,(H,13,14). The molecule has 5 atom stereocenters. The quantitative estimate of drug-likeness (QED) is 0.678. The van der Waals surface area contributed by atoms with Crippen molar-refractivity contribution in [1.29, 1.82) is 0 Å². The Hall–Kier alpha value is -0.610. The molecule has 0 spiro atoms. The van der Waals surface area contributed by atoms with Gasteiger partial charge >= 0.3 is 5.97 Å². The number of fused-ring (bicyclic) bond motifs is 1. The van der Waals surface area contributed by atoms with E-state index in [-0.39, 0.29) is 12.1 Å². The van der Waals surface area contributed by atoms with Gasteiger partial charge in [-0.1, -0.05) is 13.8 Å². The maximum absolute atomic E-state index is 10.9. The van der Waals surface area contributed by atoms with Crippen molar-refractivity contribution in [3.8, 4) is 0 Å². The Morgan fingerprint density at radius 1 is 1.40 bits per heavy atom. The van der Waals surface area contributed by atoms with E-state index in [2.05, 4.69) is 19.2 Å². The molecule has 86 valence electrons. The molecule has 2 fully saturated rings. The van der Waals surface area contributed by atoms with Crippen LogP contribution >= 0.6 is 0 Å². The molecule has 0 bridgehead atoms. The van der Waals surface area contributed by atoms with E-state index >= 15 is 0 Å². The van der Waals surface area contributed by atoms with Gasteiger partial charge in [0.1, 0.15) is 6.04 Å². The molecule has 2 aliphatic rings. The number of aliphatic carboxylic acids is 1. The van der Waals surface area contributed by atoms with Crippen LogP contribution in [-0.4, -0.2) is 35.9 Å². The zero-order chi connectivity index (χ0) is 11.0. The minimum Gasteiger partial charge on any atom is -0.480 e. The van der Waals surface area contributed by atoms with Gasteiger partial charge < -0.3 is 9.84 Å². The van der Waals surface area contributed by atoms with Gasteiger partial charge in [0.15, 0.2) is 0 Å². The first-order chi connectivity index (χ1) is 7.08. The second kappa shape index (κ2) is 4.10. The van der Waals surface area contributed by atoms with Crippen molar-refractivity contribution in [2.75, 3.05) is 6.61 Å². The molecule has 4 nitrogen and oxygen atoms in total. The summed E-state index contributed by atoms with van der Waals surface area (Å²) >= 11 is 0. The van der Waals surface area contributed by atoms with Crippen molar-refractivity contribution in [2.45, 2.75) is 44.9 Å². The van der Waals surface area contributed by atoms with Gasteiger partial charge in [0.05, 0.1) is 12.7 Å². The number of carbonyl (C=O) groups is 1. The number of carboxylic acids is 1. The van der Waals surface area contributed by atoms with Crippen LogP contribution in [0.4, 0.5) is 0 Å². The van der Waals surface area contributed by atoms with Crippen molar-refractivity contribution in [3.05, 3.63) is 0 Å². The third-order valence-electron chi connectivity index (χ3n) is 3.59. The average molecular weight is 213 g/mol. The fourth-order valence-corrected chi connectivity index (χ4v) is 2.87. The van der Waals surface area contributed by atoms with E-state index in [4.69, 9.17) is 9.84 Å². The Morgan fingerprint density at radius 2 is 2.13 bits per heavy atom. The lowest BCUT2D eigenvalue weighted by molar-refractivity contribution is -0.148. The topological polar surface area (TPSA) is 58.6 Å². The van der Waals surface area contributed by atoms with E-state index in [1.54, 1.807) is 0 Å². The van der Waals surface area contributed by atoms with Crippen LogP contribution in [-0.2, 0) is 9.53 Å². The van der Waals surface area contributed by atoms with Gasteiger partial charge in [-0.15, -0.1) is 0 Å². The van der Waals surface area contributed by atoms with Gasteiger partial charge in [0.2, 0.25) is 0 Å². The lowest BCUT2D eigenvalue weighted by Crippen LogP contribution is -2.61. The molecule has 0 aromatic carbocycles. The zero-order valence-corrected chi connectivity index (χ0v) is 9.27. The highest BCUT2D eigenvalue weighted by molar-refractivity contribution is 5.73. The lowest BCUT2D eigenvalue weighted by atomic mass is 9.77. The van der Waals surface area contributed by atoms with Crippen LogP contribution in [0.5, 0.6) is 0 Å². The molecule has 4 heteroatoms. The smallest absolute Gasteiger partial charge is 0.323 e. The number of hydrogen-bond acceptors (Lipinski definition) is 3. The molecule has 0 radical (unpaired) electrons. The predicted octanol–water partition coefficient (Wildman–Crippen LogP) is 0.863. The van der Waals surface area contributed by atoms with Gasteiger partial charge in [-0.25, -0.2) is 0 Å². The molecular weight excluding hydrogens is 194 g/mol. The van der Waals surface area contributed by atoms with E-state index in [0.717, 1.165) is 12.8 Å². The van der Waals surface area contributed by atoms with Crippen molar-refractivity contribution < 1.29 is 14.6 Å². The molecule has 1 aliphatic heterocycles. The van der Waals surface area contributed by atoms with Crippen molar-refractivity contribution in [2.24, 2.45) is 11.8 Å². The first kappa shape index (κ1) is 10.9. The van der Waals surface area contributed by atoms with Crippen LogP contribution in [0, 0.1) is 11.8 Å². The minimum atomic E-state index is -0.806. The normalized spacial score (nSPS) is 45.9. The lowest BCUT2D eigenvalue weighted by Gasteiger charge is -2.44. The van der Waals surface area contributed by atoms with Gasteiger partial charge in [-0.2, -0.15) is 0 Å². The van der Waals surface area contributed by atoms with Crippen LogP contribution in [0.15, 0.2) is 0 Å². The van der Waals surface area contributed by atoms with Gasteiger partial charge in [-0.3, -0.25) is 10.1 Å². The van der Waals surface area contributed by atoms with E-state index in [1.165, 1.54) is 0 Å². The Bertz CT molecular complexity index is 256. The number of morpholine rings is 1. The Morgan fingerprint density at radius 3 is 2.80 bits per heavy atom. The fourth-order valence-electron chi connectivity index (χ4n) is 2.87. The first-order valence-corrected chi connectivity index (χ1v) is 5.68. The Kier molecular flexibility index (Phi) is 2.98. The van der Waals surface area contributed by atoms with Crippen LogP contribution < -0.4 is 5.32 Å². The van der Waals surface area contributed by atoms with Crippen LogP contribution in [0.1, 0.15) is 26.7 Å². The molecule has 0 aromatic rings. The molecule has 0 amide bonds. The largest absolute Gasteiger partial charge is 0.480 e. The van der Waals surface area contributed by atoms with Gasteiger partial charge in [0.25, 0.3) is 0 Å². The highest BCUT2D eigenvalue weighted by Gasteiger charge is 2.40. The van der Waals surface area contributed by atoms with Gasteiger partial charge in [0, 0.05) is 6.04 Å². The first-order valence-electron chi connectivity index (χ1n) is 5.68. The minimum absolute atomic E-state index is 0.208. The summed E-state index contributed by atoms with van der Waals surface area (Å²) in [6.45, 7) is 4.71. The third kappa shape index (κ3) is 2.16. The van der Waals surface area contributed by atoms with E-state index < -0.39 is 12.0 Å². The van der Waals surface area contributed by atoms with Gasteiger partial charge in [-0.05, 0) is 24.7 Å². The molecule has 1 aliphatic carbocycles. The third-order valence-corrected chi connectivity index (χ3v) is 3.59. The Balaban J connectivity index is 2.03. The highest BCUT2D eigenvalue weighted by atomic mass is 16.5. The number of ether oxygens (including phenoxy) is 1. The zero-order valence-electron chi connectivity index (χ0n) is 9.27. The number of nitrogens with one attached hydrogen (secondary N) is 1. The molecule has 1 saturated heterocycles. The summed E-state index contributed by atoms with van der Waals surface area (Å²) in [6, 6.07) is -0.307. The average Bonchev–Trinajstić information content (AvgIpc) is 2.16. The fraction of sp³-hybridized carbons (Fsp3) is 0.909. The SMILES string of the molecule is CC1CC(C)C2NC(C(=O)O)COC2C1. The summed E-state index contributed by atoms with van der Waals surface area (Å²) in [5.74, 6) is 0.379. The second-order valence-corrected chi connectivity index (χ2v) is 5.01. The van der Waals surface area contributed by atoms with E-state index in [1.807, 2.05) is 0 Å². The molecule has 0 aromatic heterocycles. The van der Waals surface area contributed by atoms with Crippen LogP contribution in [0.3, 0.4) is 0 Å². The monoisotopic (exact) mass is 213 g/mol. The highest BCUT2D eigenvalue weighted by Crippen LogP contribution is 2.32. The van der Waals surface area contributed by atoms with Crippen molar-refractivity contribution in [1.82, 2.24) is 5.32 Å². The Labute approximate surface area is 90.0 Å². The molecule has 1 saturated carbocycles. The van der Waals surface area contributed by atoms with Crippen LogP contribution in [0.2, 0.25) is 0 Å². The molecular formula is C11H19NO3. The predicted molar refractivity (Wildman–Crippen MR) is 55.6 cm³/mol. The molecule has 2 N–H and O–H groups in total. The number of rotatable bonds is 1. The summed E-state index contributed by atoms with van der Waals surface area (Å²) in [5.41, 5.74) is 0. The maximum atomic E-state index is 10.9. The van der Waals surface area contributed by atoms with Crippen LogP contribution in [0.25, 0.3) is 0 Å². The summed E-state index contributed by atoms with van der Waals surface area (Å²) < 4.78 is 5.65. The molecule has 5 unspecified atom stereocenters. The number of hydrogen-bond donors (Lipinski definition) is 2. The van der Waals surface area contributed by atoms with Crippen molar-refractivity contribution in [3.63, 3.8) is 0 Å².